The first-order valence-electron chi connectivity index (χ1n) is 5.25. The van der Waals surface area contributed by atoms with E-state index >= 15 is 0 Å². The maximum Gasteiger partial charge on any atom is 0.354 e. The molecule has 90 valence electrons. The number of rotatable bonds is 7. The number of carboxylic acids is 1. The molecule has 17 heavy (non-hydrogen) atoms. The van der Waals surface area contributed by atoms with Crippen LogP contribution in [0.5, 0.6) is 5.75 Å². The Labute approximate surface area is 100 Å². The van der Waals surface area contributed by atoms with E-state index in [9.17, 15) is 4.79 Å². The normalized spacial score (nSPS) is 9.65. The molecule has 0 atom stereocenters. The van der Waals surface area contributed by atoms with Gasteiger partial charge in [0.05, 0.1) is 6.20 Å². The molecular formula is C13H15NO3. The summed E-state index contributed by atoms with van der Waals surface area (Å²) in [6, 6.07) is 1.53. The van der Waals surface area contributed by atoms with Gasteiger partial charge in [-0.1, -0.05) is 18.7 Å². The van der Waals surface area contributed by atoms with Crippen LogP contribution in [-0.4, -0.2) is 22.7 Å². The van der Waals surface area contributed by atoms with Crippen molar-refractivity contribution in [3.05, 3.63) is 48.8 Å². The molecule has 4 heteroatoms. The summed E-state index contributed by atoms with van der Waals surface area (Å²) in [5.74, 6) is -0.447. The van der Waals surface area contributed by atoms with Crippen molar-refractivity contribution in [3.63, 3.8) is 0 Å². The Morgan fingerprint density at radius 2 is 2.24 bits per heavy atom. The molecule has 0 amide bonds. The Hall–Kier alpha value is -2.10. The van der Waals surface area contributed by atoms with Crippen molar-refractivity contribution < 1.29 is 14.6 Å². The number of carbonyl (C=O) groups is 1. The van der Waals surface area contributed by atoms with E-state index in [1.54, 1.807) is 12.2 Å². The topological polar surface area (TPSA) is 59.4 Å². The van der Waals surface area contributed by atoms with Gasteiger partial charge in [0.2, 0.25) is 0 Å². The number of carboxylic acid groups (broad SMARTS) is 1. The highest BCUT2D eigenvalue weighted by molar-refractivity contribution is 5.85. The van der Waals surface area contributed by atoms with E-state index in [4.69, 9.17) is 9.84 Å². The highest BCUT2D eigenvalue weighted by Crippen LogP contribution is 2.20. The van der Waals surface area contributed by atoms with Crippen molar-refractivity contribution in [1.29, 1.82) is 0 Å². The maximum absolute atomic E-state index is 10.8. The summed E-state index contributed by atoms with van der Waals surface area (Å²) < 4.78 is 5.41. The number of allylic oxidation sites excluding steroid dienone is 1. The largest absolute Gasteiger partial charge is 0.488 e. The number of pyridine rings is 1. The van der Waals surface area contributed by atoms with Gasteiger partial charge < -0.3 is 9.84 Å². The van der Waals surface area contributed by atoms with Gasteiger partial charge in [0.25, 0.3) is 0 Å². The summed E-state index contributed by atoms with van der Waals surface area (Å²) in [6.07, 6.45) is 6.28. The highest BCUT2D eigenvalue weighted by Gasteiger charge is 2.10. The molecule has 1 rings (SSSR count). The molecule has 1 aromatic rings. The number of ether oxygens (including phenoxy) is 1. The average molecular weight is 233 g/mol. The van der Waals surface area contributed by atoms with E-state index in [0.717, 1.165) is 12.0 Å². The summed E-state index contributed by atoms with van der Waals surface area (Å²) in [7, 11) is 0. The lowest BCUT2D eigenvalue weighted by molar-refractivity contribution is 0.0690. The van der Waals surface area contributed by atoms with E-state index < -0.39 is 5.97 Å². The standard InChI is InChI=1S/C13H15NO3/c1-3-5-6-10-8-11(13(15)16)14-9-12(10)17-7-4-2/h3-4,8-9H,1-2,5-7H2,(H,15,16). The molecular weight excluding hydrogens is 218 g/mol. The average Bonchev–Trinajstić information content (AvgIpc) is 2.34. The van der Waals surface area contributed by atoms with Crippen molar-refractivity contribution in [2.75, 3.05) is 6.61 Å². The third-order valence-corrected chi connectivity index (χ3v) is 2.14. The summed E-state index contributed by atoms with van der Waals surface area (Å²) in [6.45, 7) is 7.56. The highest BCUT2D eigenvalue weighted by atomic mass is 16.5. The predicted molar refractivity (Wildman–Crippen MR) is 65.4 cm³/mol. The second-order valence-corrected chi connectivity index (χ2v) is 3.41. The van der Waals surface area contributed by atoms with Gasteiger partial charge in [0.1, 0.15) is 18.1 Å². The number of aromatic nitrogens is 1. The minimum Gasteiger partial charge on any atom is -0.488 e. The van der Waals surface area contributed by atoms with E-state index in [2.05, 4.69) is 18.1 Å². The molecule has 1 heterocycles. The zero-order valence-electron chi connectivity index (χ0n) is 9.56. The molecule has 1 aromatic heterocycles. The minimum atomic E-state index is -1.04. The van der Waals surface area contributed by atoms with Crippen molar-refractivity contribution in [1.82, 2.24) is 4.98 Å². The number of aromatic carboxylic acids is 1. The van der Waals surface area contributed by atoms with Gasteiger partial charge >= 0.3 is 5.97 Å². The molecule has 0 radical (unpaired) electrons. The monoisotopic (exact) mass is 233 g/mol. The van der Waals surface area contributed by atoms with Gasteiger partial charge in [-0.05, 0) is 24.5 Å². The van der Waals surface area contributed by atoms with Crippen LogP contribution in [0.4, 0.5) is 0 Å². The smallest absolute Gasteiger partial charge is 0.354 e. The molecule has 0 aromatic carbocycles. The number of hydrogen-bond acceptors (Lipinski definition) is 3. The van der Waals surface area contributed by atoms with Gasteiger partial charge in [-0.25, -0.2) is 9.78 Å². The Kier molecular flexibility index (Phi) is 4.94. The fourth-order valence-corrected chi connectivity index (χ4v) is 1.33. The first-order chi connectivity index (χ1) is 8.19. The van der Waals surface area contributed by atoms with E-state index in [-0.39, 0.29) is 5.69 Å². The van der Waals surface area contributed by atoms with E-state index in [0.29, 0.717) is 18.8 Å². The molecule has 0 saturated heterocycles. The minimum absolute atomic E-state index is 0.0232. The van der Waals surface area contributed by atoms with Crippen LogP contribution in [0.25, 0.3) is 0 Å². The SMILES string of the molecule is C=CCCc1cc(C(=O)O)ncc1OCC=C. The van der Waals surface area contributed by atoms with Gasteiger partial charge in [0.15, 0.2) is 0 Å². The van der Waals surface area contributed by atoms with E-state index in [1.165, 1.54) is 12.3 Å². The molecule has 1 N–H and O–H groups in total. The summed E-state index contributed by atoms with van der Waals surface area (Å²) in [5.41, 5.74) is 0.842. The Bertz CT molecular complexity index is 427. The molecule has 0 saturated carbocycles. The Balaban J connectivity index is 2.97. The van der Waals surface area contributed by atoms with Crippen LogP contribution in [0, 0.1) is 0 Å². The fourth-order valence-electron chi connectivity index (χ4n) is 1.33. The summed E-state index contributed by atoms with van der Waals surface area (Å²) in [4.78, 5) is 14.6. The predicted octanol–water partition coefficient (Wildman–Crippen LogP) is 2.46. The van der Waals surface area contributed by atoms with Crippen LogP contribution in [0.15, 0.2) is 37.6 Å². The molecule has 4 nitrogen and oxygen atoms in total. The molecule has 0 bridgehead atoms. The lowest BCUT2D eigenvalue weighted by Crippen LogP contribution is -2.04. The quantitative estimate of drug-likeness (QED) is 0.735. The van der Waals surface area contributed by atoms with Gasteiger partial charge in [-0.2, -0.15) is 0 Å². The van der Waals surface area contributed by atoms with Crippen LogP contribution < -0.4 is 4.74 Å². The van der Waals surface area contributed by atoms with E-state index in [1.807, 2.05) is 0 Å². The lowest BCUT2D eigenvalue weighted by atomic mass is 10.1. The third-order valence-electron chi connectivity index (χ3n) is 2.14. The number of nitrogens with zero attached hydrogens (tertiary/aromatic N) is 1. The second kappa shape index (κ2) is 6.48. The van der Waals surface area contributed by atoms with Crippen molar-refractivity contribution >= 4 is 5.97 Å². The van der Waals surface area contributed by atoms with Crippen LogP contribution in [0.2, 0.25) is 0 Å². The van der Waals surface area contributed by atoms with Crippen LogP contribution >= 0.6 is 0 Å². The molecule has 0 spiro atoms. The Morgan fingerprint density at radius 3 is 2.82 bits per heavy atom. The van der Waals surface area contributed by atoms with Crippen LogP contribution in [-0.2, 0) is 6.42 Å². The molecule has 0 aliphatic heterocycles. The third kappa shape index (κ3) is 3.75. The van der Waals surface area contributed by atoms with Crippen molar-refractivity contribution in [2.45, 2.75) is 12.8 Å². The second-order valence-electron chi connectivity index (χ2n) is 3.41. The summed E-state index contributed by atoms with van der Waals surface area (Å²) in [5, 5.41) is 8.86. The molecule has 0 aliphatic rings. The first kappa shape index (κ1) is 13.0. The van der Waals surface area contributed by atoms with Gasteiger partial charge in [-0.3, -0.25) is 0 Å². The lowest BCUT2D eigenvalue weighted by Gasteiger charge is -2.09. The first-order valence-corrected chi connectivity index (χ1v) is 5.25. The van der Waals surface area contributed by atoms with Crippen molar-refractivity contribution in [2.24, 2.45) is 0 Å². The number of aryl methyl sites for hydroxylation is 1. The van der Waals surface area contributed by atoms with Crippen molar-refractivity contribution in [3.8, 4) is 5.75 Å². The van der Waals surface area contributed by atoms with Gasteiger partial charge in [0, 0.05) is 0 Å². The van der Waals surface area contributed by atoms with Gasteiger partial charge in [-0.15, -0.1) is 6.58 Å². The maximum atomic E-state index is 10.8. The zero-order valence-corrected chi connectivity index (χ0v) is 9.56. The number of hydrogen-bond donors (Lipinski definition) is 1. The summed E-state index contributed by atoms with van der Waals surface area (Å²) >= 11 is 0. The Morgan fingerprint density at radius 1 is 1.47 bits per heavy atom. The molecule has 0 fully saturated rings. The zero-order chi connectivity index (χ0) is 12.7. The van der Waals surface area contributed by atoms with Crippen LogP contribution in [0.3, 0.4) is 0 Å². The molecule has 0 aliphatic carbocycles. The van der Waals surface area contributed by atoms with Crippen LogP contribution in [0.1, 0.15) is 22.5 Å². The molecule has 0 unspecified atom stereocenters. The fraction of sp³-hybridized carbons (Fsp3) is 0.231.